The van der Waals surface area contributed by atoms with Crippen molar-refractivity contribution >= 4 is 0 Å². The average Bonchev–Trinajstić information content (AvgIpc) is 2.89. The summed E-state index contributed by atoms with van der Waals surface area (Å²) < 4.78 is 7.62. The van der Waals surface area contributed by atoms with E-state index in [0.717, 1.165) is 42.0 Å². The molecule has 1 unspecified atom stereocenters. The van der Waals surface area contributed by atoms with E-state index in [9.17, 15) is 0 Å². The molecule has 0 aliphatic heterocycles. The molecule has 0 aromatic carbocycles. The van der Waals surface area contributed by atoms with E-state index < -0.39 is 0 Å². The number of nitrogens with two attached hydrogens (primary N) is 1. The van der Waals surface area contributed by atoms with Crippen molar-refractivity contribution in [1.29, 1.82) is 0 Å². The van der Waals surface area contributed by atoms with Crippen LogP contribution in [0.15, 0.2) is 24.7 Å². The number of methoxy groups -OCH3 is 1. The smallest absolute Gasteiger partial charge is 0.128 e. The van der Waals surface area contributed by atoms with Crippen molar-refractivity contribution in [3.05, 3.63) is 47.0 Å². The highest BCUT2D eigenvalue weighted by atomic mass is 16.5. The Balaban J connectivity index is 2.15. The molecule has 21 heavy (non-hydrogen) atoms. The van der Waals surface area contributed by atoms with Gasteiger partial charge in [0.2, 0.25) is 0 Å². The lowest BCUT2D eigenvalue weighted by Crippen LogP contribution is -2.21. The number of aryl methyl sites for hydroxylation is 1. The molecule has 1 atom stereocenters. The molecule has 0 fully saturated rings. The second kappa shape index (κ2) is 6.76. The highest BCUT2D eigenvalue weighted by Crippen LogP contribution is 2.24. The Morgan fingerprint density at radius 2 is 2.14 bits per heavy atom. The normalized spacial score (nSPS) is 12.4. The topological polar surface area (TPSA) is 53.1 Å². The molecule has 2 rings (SSSR count). The second-order valence-corrected chi connectivity index (χ2v) is 5.61. The lowest BCUT2D eigenvalue weighted by atomic mass is 10.1. The first-order chi connectivity index (χ1) is 10.0. The molecular weight excluding hydrogens is 262 g/mol. The molecule has 2 heterocycles. The van der Waals surface area contributed by atoms with Gasteiger partial charge < -0.3 is 15.0 Å². The molecule has 0 aliphatic carbocycles. The van der Waals surface area contributed by atoms with Crippen LogP contribution in [0.4, 0.5) is 0 Å². The zero-order valence-electron chi connectivity index (χ0n) is 13.4. The van der Waals surface area contributed by atoms with Gasteiger partial charge in [0.1, 0.15) is 5.75 Å². The van der Waals surface area contributed by atoms with Crippen LogP contribution in [0.1, 0.15) is 35.7 Å². The predicted molar refractivity (Wildman–Crippen MR) is 85.8 cm³/mol. The molecule has 0 saturated carbocycles. The van der Waals surface area contributed by atoms with Gasteiger partial charge >= 0.3 is 0 Å². The number of hydrogen-bond donors (Lipinski definition) is 1. The van der Waals surface area contributed by atoms with Crippen molar-refractivity contribution in [2.75, 3.05) is 7.11 Å². The molecular formula is C17H25N3O. The molecule has 0 amide bonds. The Kier molecular flexibility index (Phi) is 5.02. The maximum atomic E-state index is 6.01. The monoisotopic (exact) mass is 287 g/mol. The van der Waals surface area contributed by atoms with Crippen LogP contribution in [0.3, 0.4) is 0 Å². The van der Waals surface area contributed by atoms with E-state index in [2.05, 4.69) is 41.9 Å². The van der Waals surface area contributed by atoms with Crippen LogP contribution in [0.25, 0.3) is 0 Å². The number of nitrogens with zero attached hydrogens (tertiary/aromatic N) is 2. The van der Waals surface area contributed by atoms with Crippen molar-refractivity contribution in [1.82, 2.24) is 9.55 Å². The van der Waals surface area contributed by atoms with Gasteiger partial charge in [-0.05, 0) is 38.3 Å². The first kappa shape index (κ1) is 15.6. The van der Waals surface area contributed by atoms with Crippen LogP contribution >= 0.6 is 0 Å². The van der Waals surface area contributed by atoms with Gasteiger partial charge in [0.15, 0.2) is 0 Å². The van der Waals surface area contributed by atoms with Crippen LogP contribution < -0.4 is 10.5 Å². The van der Waals surface area contributed by atoms with E-state index in [1.54, 1.807) is 7.11 Å². The van der Waals surface area contributed by atoms with Crippen LogP contribution in [-0.2, 0) is 13.0 Å². The number of ether oxygens (including phenoxy) is 1. The fourth-order valence-corrected chi connectivity index (χ4v) is 2.56. The number of hydrogen-bond acceptors (Lipinski definition) is 3. The molecule has 2 aromatic heterocycles. The second-order valence-electron chi connectivity index (χ2n) is 5.61. The van der Waals surface area contributed by atoms with E-state index in [4.69, 9.17) is 10.5 Å². The Bertz CT molecular complexity index is 604. The Morgan fingerprint density at radius 3 is 2.81 bits per heavy atom. The standard InChI is InChI=1S/C17H25N3O/c1-5-15(18)8-14-6-7-20(10-14)11-16-13(3)17(21-4)12(2)9-19-16/h6-7,9-10,15H,5,8,11,18H2,1-4H3. The van der Waals surface area contributed by atoms with Crippen molar-refractivity contribution < 1.29 is 4.74 Å². The fourth-order valence-electron chi connectivity index (χ4n) is 2.56. The summed E-state index contributed by atoms with van der Waals surface area (Å²) >= 11 is 0. The van der Waals surface area contributed by atoms with Gasteiger partial charge in [-0.25, -0.2) is 0 Å². The summed E-state index contributed by atoms with van der Waals surface area (Å²) in [5.74, 6) is 0.931. The summed E-state index contributed by atoms with van der Waals surface area (Å²) in [5, 5.41) is 0. The predicted octanol–water partition coefficient (Wildman–Crippen LogP) is 2.84. The maximum absolute atomic E-state index is 6.01. The molecule has 4 nitrogen and oxygen atoms in total. The van der Waals surface area contributed by atoms with Crippen molar-refractivity contribution in [3.63, 3.8) is 0 Å². The molecule has 0 spiro atoms. The fraction of sp³-hybridized carbons (Fsp3) is 0.471. The molecule has 0 aliphatic rings. The van der Waals surface area contributed by atoms with Gasteiger partial charge in [0.25, 0.3) is 0 Å². The first-order valence-corrected chi connectivity index (χ1v) is 7.44. The zero-order valence-corrected chi connectivity index (χ0v) is 13.4. The molecule has 0 saturated heterocycles. The summed E-state index contributed by atoms with van der Waals surface area (Å²) in [7, 11) is 1.71. The van der Waals surface area contributed by atoms with Crippen molar-refractivity contribution in [2.24, 2.45) is 5.73 Å². The average molecular weight is 287 g/mol. The lowest BCUT2D eigenvalue weighted by molar-refractivity contribution is 0.406. The van der Waals surface area contributed by atoms with Crippen LogP contribution in [-0.4, -0.2) is 22.7 Å². The third kappa shape index (κ3) is 3.64. The summed E-state index contributed by atoms with van der Waals surface area (Å²) in [5.41, 5.74) is 10.5. The van der Waals surface area contributed by atoms with E-state index in [1.165, 1.54) is 5.56 Å². The largest absolute Gasteiger partial charge is 0.496 e. The minimum absolute atomic E-state index is 0.236. The van der Waals surface area contributed by atoms with E-state index in [-0.39, 0.29) is 6.04 Å². The van der Waals surface area contributed by atoms with Crippen LogP contribution in [0.5, 0.6) is 5.75 Å². The Hall–Kier alpha value is -1.81. The van der Waals surface area contributed by atoms with Gasteiger partial charge in [0.05, 0.1) is 19.3 Å². The molecule has 2 aromatic rings. The van der Waals surface area contributed by atoms with E-state index in [1.807, 2.05) is 13.1 Å². The zero-order chi connectivity index (χ0) is 15.4. The van der Waals surface area contributed by atoms with Gasteiger partial charge in [-0.2, -0.15) is 0 Å². The molecule has 0 bridgehead atoms. The van der Waals surface area contributed by atoms with E-state index in [0.29, 0.717) is 0 Å². The first-order valence-electron chi connectivity index (χ1n) is 7.44. The third-order valence-electron chi connectivity index (χ3n) is 3.92. The summed E-state index contributed by atoms with van der Waals surface area (Å²) in [6, 6.07) is 2.37. The van der Waals surface area contributed by atoms with Crippen molar-refractivity contribution in [2.45, 2.75) is 46.2 Å². The summed E-state index contributed by atoms with van der Waals surface area (Å²) in [4.78, 5) is 4.54. The minimum Gasteiger partial charge on any atom is -0.496 e. The Morgan fingerprint density at radius 1 is 1.38 bits per heavy atom. The van der Waals surface area contributed by atoms with Crippen LogP contribution in [0.2, 0.25) is 0 Å². The molecule has 114 valence electrons. The Labute approximate surface area is 127 Å². The van der Waals surface area contributed by atoms with Gasteiger partial charge in [-0.3, -0.25) is 4.98 Å². The number of aromatic nitrogens is 2. The van der Waals surface area contributed by atoms with Gasteiger partial charge in [0, 0.05) is 35.8 Å². The molecule has 2 N–H and O–H groups in total. The highest BCUT2D eigenvalue weighted by molar-refractivity contribution is 5.41. The molecule has 0 radical (unpaired) electrons. The van der Waals surface area contributed by atoms with Crippen LogP contribution in [0, 0.1) is 13.8 Å². The van der Waals surface area contributed by atoms with Gasteiger partial charge in [-0.15, -0.1) is 0 Å². The minimum atomic E-state index is 0.236. The summed E-state index contributed by atoms with van der Waals surface area (Å²) in [6.45, 7) is 6.95. The van der Waals surface area contributed by atoms with E-state index >= 15 is 0 Å². The SMILES string of the molecule is CCC(N)Cc1ccn(Cc2ncc(C)c(OC)c2C)c1. The maximum Gasteiger partial charge on any atom is 0.128 e. The van der Waals surface area contributed by atoms with Gasteiger partial charge in [-0.1, -0.05) is 6.92 Å². The highest BCUT2D eigenvalue weighted by Gasteiger charge is 2.10. The number of pyridine rings is 1. The number of rotatable bonds is 6. The van der Waals surface area contributed by atoms with Crippen molar-refractivity contribution in [3.8, 4) is 5.75 Å². The lowest BCUT2D eigenvalue weighted by Gasteiger charge is -2.12. The molecule has 4 heteroatoms. The summed E-state index contributed by atoms with van der Waals surface area (Å²) in [6.07, 6.45) is 8.04. The quantitative estimate of drug-likeness (QED) is 0.889. The third-order valence-corrected chi connectivity index (χ3v) is 3.92.